The van der Waals surface area contributed by atoms with E-state index in [-0.39, 0.29) is 6.54 Å². The van der Waals surface area contributed by atoms with E-state index < -0.39 is 10.2 Å². The van der Waals surface area contributed by atoms with E-state index in [1.807, 2.05) is 26.0 Å². The maximum atomic E-state index is 12.2. The average molecular weight is 375 g/mol. The number of benzene rings is 1. The van der Waals surface area contributed by atoms with Gasteiger partial charge in [-0.15, -0.1) is 0 Å². The molecule has 2 heterocycles. The average Bonchev–Trinajstić information content (AvgIpc) is 2.67. The Balaban J connectivity index is 1.63. The predicted molar refractivity (Wildman–Crippen MR) is 104 cm³/mol. The van der Waals surface area contributed by atoms with E-state index >= 15 is 0 Å². The van der Waals surface area contributed by atoms with Crippen LogP contribution in [-0.4, -0.2) is 37.3 Å². The van der Waals surface area contributed by atoms with Gasteiger partial charge in [-0.25, -0.2) is 4.98 Å². The molecular weight excluding hydrogens is 348 g/mol. The van der Waals surface area contributed by atoms with Crippen molar-refractivity contribution in [1.82, 2.24) is 14.0 Å². The zero-order chi connectivity index (χ0) is 18.6. The lowest BCUT2D eigenvalue weighted by Gasteiger charge is -2.29. The van der Waals surface area contributed by atoms with Crippen molar-refractivity contribution < 1.29 is 8.42 Å². The molecule has 0 bridgehead atoms. The minimum atomic E-state index is -3.44. The lowest BCUT2D eigenvalue weighted by atomic mass is 10.00. The van der Waals surface area contributed by atoms with E-state index in [0.29, 0.717) is 13.1 Å². The Hall–Kier alpha value is -1.96. The number of hydrogen-bond acceptors (Lipinski definition) is 4. The molecule has 7 heteroatoms. The zero-order valence-corrected chi connectivity index (χ0v) is 16.2. The summed E-state index contributed by atoms with van der Waals surface area (Å²) in [5.74, 6) is 0.926. The second-order valence-electron chi connectivity index (χ2n) is 6.38. The predicted octanol–water partition coefficient (Wildman–Crippen LogP) is 2.32. The molecule has 0 unspecified atom stereocenters. The van der Waals surface area contributed by atoms with Gasteiger partial charge in [-0.3, -0.25) is 0 Å². The SMILES string of the molecule is CCN(CC)S(=O)(=O)NCc1ccc(N2CCc3ccccc3C2)nc1. The van der Waals surface area contributed by atoms with Gasteiger partial charge < -0.3 is 4.90 Å². The Morgan fingerprint density at radius 2 is 1.85 bits per heavy atom. The second kappa shape index (κ2) is 8.16. The van der Waals surface area contributed by atoms with Crippen LogP contribution in [0.1, 0.15) is 30.5 Å². The van der Waals surface area contributed by atoms with Crippen molar-refractivity contribution in [2.24, 2.45) is 0 Å². The molecule has 1 aromatic heterocycles. The summed E-state index contributed by atoms with van der Waals surface area (Å²) in [6, 6.07) is 12.4. The third kappa shape index (κ3) is 4.23. The minimum absolute atomic E-state index is 0.245. The molecule has 0 amide bonds. The van der Waals surface area contributed by atoms with Crippen LogP contribution in [-0.2, 0) is 29.7 Å². The van der Waals surface area contributed by atoms with E-state index in [4.69, 9.17) is 0 Å². The molecule has 0 fully saturated rings. The Kier molecular flexibility index (Phi) is 5.90. The number of rotatable bonds is 7. The molecule has 0 saturated heterocycles. The highest BCUT2D eigenvalue weighted by Crippen LogP contribution is 2.23. The van der Waals surface area contributed by atoms with Gasteiger partial charge in [-0.1, -0.05) is 44.2 Å². The molecule has 1 aliphatic heterocycles. The third-order valence-corrected chi connectivity index (χ3v) is 6.47. The summed E-state index contributed by atoms with van der Waals surface area (Å²) >= 11 is 0. The van der Waals surface area contributed by atoms with Crippen molar-refractivity contribution in [1.29, 1.82) is 0 Å². The van der Waals surface area contributed by atoms with Gasteiger partial charge in [0.05, 0.1) is 0 Å². The quantitative estimate of drug-likeness (QED) is 0.808. The number of fused-ring (bicyclic) bond motifs is 1. The number of hydrogen-bond donors (Lipinski definition) is 1. The summed E-state index contributed by atoms with van der Waals surface area (Å²) in [6.45, 7) is 6.62. The fourth-order valence-corrected chi connectivity index (χ4v) is 4.44. The summed E-state index contributed by atoms with van der Waals surface area (Å²) in [6.07, 6.45) is 2.77. The standard InChI is InChI=1S/C19H26N4O2S/c1-3-23(4-2)26(24,25)21-14-16-9-10-19(20-13-16)22-12-11-17-7-5-6-8-18(17)15-22/h5-10,13,21H,3-4,11-12,14-15H2,1-2H3. The van der Waals surface area contributed by atoms with Crippen LogP contribution >= 0.6 is 0 Å². The minimum Gasteiger partial charge on any atom is -0.352 e. The van der Waals surface area contributed by atoms with E-state index in [1.165, 1.54) is 15.4 Å². The maximum absolute atomic E-state index is 12.2. The lowest BCUT2D eigenvalue weighted by Crippen LogP contribution is -2.40. The van der Waals surface area contributed by atoms with Gasteiger partial charge >= 0.3 is 0 Å². The van der Waals surface area contributed by atoms with Gasteiger partial charge in [0, 0.05) is 38.9 Å². The van der Waals surface area contributed by atoms with Crippen LogP contribution in [0.2, 0.25) is 0 Å². The number of pyridine rings is 1. The Morgan fingerprint density at radius 3 is 2.50 bits per heavy atom. The van der Waals surface area contributed by atoms with Crippen LogP contribution in [0.5, 0.6) is 0 Å². The van der Waals surface area contributed by atoms with Crippen LogP contribution in [0.3, 0.4) is 0 Å². The van der Waals surface area contributed by atoms with Crippen LogP contribution in [0.15, 0.2) is 42.6 Å². The van der Waals surface area contributed by atoms with E-state index in [1.54, 1.807) is 6.20 Å². The number of aromatic nitrogens is 1. The molecule has 2 aromatic rings. The van der Waals surface area contributed by atoms with Crippen LogP contribution in [0.25, 0.3) is 0 Å². The molecule has 6 nitrogen and oxygen atoms in total. The summed E-state index contributed by atoms with van der Waals surface area (Å²) < 4.78 is 28.4. The molecule has 0 spiro atoms. The first-order valence-electron chi connectivity index (χ1n) is 9.05. The van der Waals surface area contributed by atoms with Gasteiger partial charge in [0.25, 0.3) is 10.2 Å². The maximum Gasteiger partial charge on any atom is 0.279 e. The van der Waals surface area contributed by atoms with Gasteiger partial charge in [0.15, 0.2) is 0 Å². The Morgan fingerprint density at radius 1 is 1.12 bits per heavy atom. The summed E-state index contributed by atoms with van der Waals surface area (Å²) in [5.41, 5.74) is 3.60. The molecule has 0 aliphatic carbocycles. The molecule has 0 atom stereocenters. The molecule has 0 radical (unpaired) electrons. The first-order chi connectivity index (χ1) is 12.5. The van der Waals surface area contributed by atoms with E-state index in [0.717, 1.165) is 30.9 Å². The monoisotopic (exact) mass is 374 g/mol. The van der Waals surface area contributed by atoms with Gasteiger partial charge in [0.2, 0.25) is 0 Å². The molecule has 3 rings (SSSR count). The molecule has 1 aliphatic rings. The van der Waals surface area contributed by atoms with Gasteiger partial charge in [-0.2, -0.15) is 17.4 Å². The Bertz CT molecular complexity index is 833. The highest BCUT2D eigenvalue weighted by atomic mass is 32.2. The van der Waals surface area contributed by atoms with Crippen molar-refractivity contribution in [3.05, 3.63) is 59.3 Å². The number of nitrogens with one attached hydrogen (secondary N) is 1. The topological polar surface area (TPSA) is 65.5 Å². The van der Waals surface area contributed by atoms with E-state index in [2.05, 4.69) is 38.9 Å². The largest absolute Gasteiger partial charge is 0.352 e. The highest BCUT2D eigenvalue weighted by molar-refractivity contribution is 7.87. The van der Waals surface area contributed by atoms with Gasteiger partial charge in [0.1, 0.15) is 5.82 Å². The molecule has 140 valence electrons. The fourth-order valence-electron chi connectivity index (χ4n) is 3.23. The zero-order valence-electron chi connectivity index (χ0n) is 15.4. The third-order valence-electron chi connectivity index (χ3n) is 4.77. The molecule has 26 heavy (non-hydrogen) atoms. The first-order valence-corrected chi connectivity index (χ1v) is 10.5. The summed E-state index contributed by atoms with van der Waals surface area (Å²) in [4.78, 5) is 6.79. The smallest absolute Gasteiger partial charge is 0.279 e. The normalized spacial score (nSPS) is 14.5. The van der Waals surface area contributed by atoms with Crippen LogP contribution in [0.4, 0.5) is 5.82 Å². The molecular formula is C19H26N4O2S. The van der Waals surface area contributed by atoms with Gasteiger partial charge in [-0.05, 0) is 29.2 Å². The second-order valence-corrected chi connectivity index (χ2v) is 8.13. The Labute approximate surface area is 156 Å². The first kappa shape index (κ1) is 18.8. The lowest BCUT2D eigenvalue weighted by molar-refractivity contribution is 0.434. The van der Waals surface area contributed by atoms with Crippen molar-refractivity contribution in [2.45, 2.75) is 33.4 Å². The molecule has 1 aromatic carbocycles. The van der Waals surface area contributed by atoms with E-state index in [9.17, 15) is 8.42 Å². The summed E-state index contributed by atoms with van der Waals surface area (Å²) in [7, 11) is -3.44. The fraction of sp³-hybridized carbons (Fsp3) is 0.421. The molecule has 1 N–H and O–H groups in total. The summed E-state index contributed by atoms with van der Waals surface area (Å²) in [5, 5.41) is 0. The van der Waals surface area contributed by atoms with Crippen LogP contribution < -0.4 is 9.62 Å². The number of anilines is 1. The highest BCUT2D eigenvalue weighted by Gasteiger charge is 2.19. The molecule has 0 saturated carbocycles. The van der Waals surface area contributed by atoms with Crippen molar-refractivity contribution in [3.8, 4) is 0 Å². The van der Waals surface area contributed by atoms with Crippen molar-refractivity contribution >= 4 is 16.0 Å². The van der Waals surface area contributed by atoms with Crippen LogP contribution in [0, 0.1) is 0 Å². The number of nitrogens with zero attached hydrogens (tertiary/aromatic N) is 3. The van der Waals surface area contributed by atoms with Crippen molar-refractivity contribution in [3.63, 3.8) is 0 Å². The van der Waals surface area contributed by atoms with Crippen molar-refractivity contribution in [2.75, 3.05) is 24.5 Å².